The lowest BCUT2D eigenvalue weighted by molar-refractivity contribution is -0.124. The summed E-state index contributed by atoms with van der Waals surface area (Å²) in [5.74, 6) is 0.183. The average molecular weight is 274 g/mol. The van der Waals surface area contributed by atoms with E-state index in [0.29, 0.717) is 12.4 Å². The molecule has 2 fully saturated rings. The molecule has 3 amide bonds. The highest BCUT2D eigenvalue weighted by atomic mass is 35.5. The molecule has 3 N–H and O–H groups in total. The van der Waals surface area contributed by atoms with Crippen molar-refractivity contribution in [3.05, 3.63) is 0 Å². The van der Waals surface area contributed by atoms with E-state index in [9.17, 15) is 9.59 Å². The van der Waals surface area contributed by atoms with Gasteiger partial charge in [-0.05, 0) is 19.8 Å². The van der Waals surface area contributed by atoms with Gasteiger partial charge in [0, 0.05) is 30.4 Å². The molecule has 3 unspecified atom stereocenters. The Labute approximate surface area is 112 Å². The Hall–Kier alpha value is -0.970. The number of halogens is 1. The van der Waals surface area contributed by atoms with Crippen LogP contribution in [0.2, 0.25) is 0 Å². The van der Waals surface area contributed by atoms with Gasteiger partial charge in [-0.15, -0.1) is 11.6 Å². The summed E-state index contributed by atoms with van der Waals surface area (Å²) in [7, 11) is 0. The Morgan fingerprint density at radius 3 is 2.89 bits per heavy atom. The number of carbonyl (C=O) groups is 2. The van der Waals surface area contributed by atoms with E-state index in [1.165, 1.54) is 0 Å². The number of fused-ring (bicyclic) bond motifs is 1. The molecule has 0 bridgehead atoms. The first kappa shape index (κ1) is 13.5. The molecule has 0 spiro atoms. The second-order valence-electron chi connectivity index (χ2n) is 5.20. The van der Waals surface area contributed by atoms with Crippen molar-refractivity contribution in [2.75, 3.05) is 12.4 Å². The molecule has 1 aliphatic heterocycles. The van der Waals surface area contributed by atoms with Gasteiger partial charge in [0.1, 0.15) is 0 Å². The van der Waals surface area contributed by atoms with Gasteiger partial charge >= 0.3 is 6.03 Å². The Balaban J connectivity index is 2.17. The topological polar surface area (TPSA) is 75.4 Å². The molecule has 1 saturated carbocycles. The summed E-state index contributed by atoms with van der Waals surface area (Å²) >= 11 is 5.72. The molecule has 5 nitrogen and oxygen atoms in total. The molecule has 0 aromatic heterocycles. The third-order valence-electron chi connectivity index (χ3n) is 4.30. The molecular formula is C12H20ClN3O2. The van der Waals surface area contributed by atoms with Crippen LogP contribution in [0.5, 0.6) is 0 Å². The van der Waals surface area contributed by atoms with Crippen molar-refractivity contribution in [2.24, 2.45) is 17.6 Å². The lowest BCUT2D eigenvalue weighted by atomic mass is 9.72. The maximum Gasteiger partial charge on any atom is 0.317 e. The van der Waals surface area contributed by atoms with Crippen molar-refractivity contribution in [2.45, 2.75) is 38.3 Å². The highest BCUT2D eigenvalue weighted by Crippen LogP contribution is 2.36. The quantitative estimate of drug-likeness (QED) is 0.750. The molecule has 6 heteroatoms. The molecule has 0 radical (unpaired) electrons. The molecule has 1 aliphatic carbocycles. The lowest BCUT2D eigenvalue weighted by Crippen LogP contribution is -2.65. The molecule has 0 aromatic rings. The number of alkyl halides is 1. The molecule has 18 heavy (non-hydrogen) atoms. The molecule has 1 saturated heterocycles. The van der Waals surface area contributed by atoms with Crippen LogP contribution >= 0.6 is 11.6 Å². The van der Waals surface area contributed by atoms with Gasteiger partial charge in [-0.1, -0.05) is 6.42 Å². The van der Waals surface area contributed by atoms with Crippen LogP contribution < -0.4 is 11.1 Å². The van der Waals surface area contributed by atoms with Crippen molar-refractivity contribution in [3.8, 4) is 0 Å². The van der Waals surface area contributed by atoms with Crippen LogP contribution in [0.25, 0.3) is 0 Å². The SMILES string of the molecule is CC1C2CCC[C@@H](C(N)=O)C2NC(=O)N1CCCl. The van der Waals surface area contributed by atoms with Crippen molar-refractivity contribution in [3.63, 3.8) is 0 Å². The molecule has 2 aliphatic rings. The summed E-state index contributed by atoms with van der Waals surface area (Å²) in [6.45, 7) is 2.57. The minimum Gasteiger partial charge on any atom is -0.369 e. The maximum atomic E-state index is 12.0. The third-order valence-corrected chi connectivity index (χ3v) is 4.47. The summed E-state index contributed by atoms with van der Waals surface area (Å²) in [6.07, 6.45) is 2.79. The second-order valence-corrected chi connectivity index (χ2v) is 5.58. The summed E-state index contributed by atoms with van der Waals surface area (Å²) < 4.78 is 0. The van der Waals surface area contributed by atoms with Gasteiger partial charge in [-0.3, -0.25) is 4.79 Å². The van der Waals surface area contributed by atoms with Gasteiger partial charge in [0.2, 0.25) is 5.91 Å². The standard InChI is InChI=1S/C12H20ClN3O2/c1-7-8-3-2-4-9(11(14)17)10(8)15-12(18)16(7)6-5-13/h7-10H,2-6H2,1H3,(H2,14,17)(H,15,18)/t7?,8?,9-,10?/m1/s1. The highest BCUT2D eigenvalue weighted by molar-refractivity contribution is 6.18. The van der Waals surface area contributed by atoms with Crippen LogP contribution in [0.1, 0.15) is 26.2 Å². The van der Waals surface area contributed by atoms with Crippen molar-refractivity contribution in [1.29, 1.82) is 0 Å². The van der Waals surface area contributed by atoms with Gasteiger partial charge < -0.3 is 16.0 Å². The Bertz CT molecular complexity index is 350. The summed E-state index contributed by atoms with van der Waals surface area (Å²) in [6, 6.07) is -0.118. The minimum atomic E-state index is -0.303. The summed E-state index contributed by atoms with van der Waals surface area (Å²) in [4.78, 5) is 25.2. The van der Waals surface area contributed by atoms with E-state index >= 15 is 0 Å². The van der Waals surface area contributed by atoms with Crippen LogP contribution in [0, 0.1) is 11.8 Å². The average Bonchev–Trinajstić information content (AvgIpc) is 2.33. The molecule has 0 aromatic carbocycles. The maximum absolute atomic E-state index is 12.0. The van der Waals surface area contributed by atoms with Crippen LogP contribution in [-0.4, -0.2) is 41.3 Å². The first-order valence-corrected chi connectivity index (χ1v) is 7.02. The predicted octanol–water partition coefficient (Wildman–Crippen LogP) is 0.909. The van der Waals surface area contributed by atoms with Crippen LogP contribution in [0.4, 0.5) is 4.79 Å². The van der Waals surface area contributed by atoms with E-state index in [4.69, 9.17) is 17.3 Å². The molecule has 4 atom stereocenters. The van der Waals surface area contributed by atoms with E-state index in [1.807, 2.05) is 6.92 Å². The number of hydrogen-bond donors (Lipinski definition) is 2. The van der Waals surface area contributed by atoms with E-state index in [1.54, 1.807) is 4.90 Å². The first-order chi connectivity index (χ1) is 8.56. The van der Waals surface area contributed by atoms with Gasteiger partial charge in [0.05, 0.1) is 5.92 Å². The molecule has 1 heterocycles. The summed E-state index contributed by atoms with van der Waals surface area (Å²) in [5.41, 5.74) is 5.43. The number of amides is 3. The number of urea groups is 1. The van der Waals surface area contributed by atoms with Crippen LogP contribution in [0.15, 0.2) is 0 Å². The highest BCUT2D eigenvalue weighted by Gasteiger charge is 2.45. The van der Waals surface area contributed by atoms with E-state index in [2.05, 4.69) is 5.32 Å². The Morgan fingerprint density at radius 2 is 2.28 bits per heavy atom. The number of carbonyl (C=O) groups excluding carboxylic acids is 2. The smallest absolute Gasteiger partial charge is 0.317 e. The van der Waals surface area contributed by atoms with Crippen LogP contribution in [0.3, 0.4) is 0 Å². The lowest BCUT2D eigenvalue weighted by Gasteiger charge is -2.48. The van der Waals surface area contributed by atoms with Gasteiger partial charge in [0.25, 0.3) is 0 Å². The largest absolute Gasteiger partial charge is 0.369 e. The number of primary amides is 1. The van der Waals surface area contributed by atoms with Crippen molar-refractivity contribution in [1.82, 2.24) is 10.2 Å². The van der Waals surface area contributed by atoms with Crippen LogP contribution in [-0.2, 0) is 4.79 Å². The fraction of sp³-hybridized carbons (Fsp3) is 0.833. The van der Waals surface area contributed by atoms with Gasteiger partial charge in [-0.25, -0.2) is 4.79 Å². The number of rotatable bonds is 3. The first-order valence-electron chi connectivity index (χ1n) is 6.48. The fourth-order valence-electron chi connectivity index (χ4n) is 3.34. The van der Waals surface area contributed by atoms with Gasteiger partial charge in [0.15, 0.2) is 0 Å². The van der Waals surface area contributed by atoms with Crippen molar-refractivity contribution < 1.29 is 9.59 Å². The molecule has 102 valence electrons. The predicted molar refractivity (Wildman–Crippen MR) is 69.2 cm³/mol. The summed E-state index contributed by atoms with van der Waals surface area (Å²) in [5, 5.41) is 2.94. The monoisotopic (exact) mass is 273 g/mol. The van der Waals surface area contributed by atoms with E-state index in [0.717, 1.165) is 19.3 Å². The minimum absolute atomic E-state index is 0.106. The number of nitrogens with one attached hydrogen (secondary N) is 1. The zero-order chi connectivity index (χ0) is 13.3. The Kier molecular flexibility index (Phi) is 4.00. The fourth-order valence-corrected chi connectivity index (χ4v) is 3.52. The second kappa shape index (κ2) is 5.34. The van der Waals surface area contributed by atoms with E-state index < -0.39 is 0 Å². The van der Waals surface area contributed by atoms with Gasteiger partial charge in [-0.2, -0.15) is 0 Å². The normalized spacial score (nSPS) is 35.9. The zero-order valence-corrected chi connectivity index (χ0v) is 11.3. The molecule has 2 rings (SSSR count). The third kappa shape index (κ3) is 2.28. The van der Waals surface area contributed by atoms with Crippen molar-refractivity contribution >= 4 is 23.5 Å². The van der Waals surface area contributed by atoms with E-state index in [-0.39, 0.29) is 35.9 Å². The number of hydrogen-bond acceptors (Lipinski definition) is 2. The molecular weight excluding hydrogens is 254 g/mol. The number of nitrogens with zero attached hydrogens (tertiary/aromatic N) is 1. The zero-order valence-electron chi connectivity index (χ0n) is 10.6. The Morgan fingerprint density at radius 1 is 1.56 bits per heavy atom. The number of nitrogens with two attached hydrogens (primary N) is 1.